The van der Waals surface area contributed by atoms with Gasteiger partial charge in [0.1, 0.15) is 0 Å². The molecule has 27 heavy (non-hydrogen) atoms. The van der Waals surface area contributed by atoms with Gasteiger partial charge in [-0.05, 0) is 31.3 Å². The van der Waals surface area contributed by atoms with Gasteiger partial charge < -0.3 is 15.1 Å². The number of benzene rings is 2. The van der Waals surface area contributed by atoms with E-state index in [0.29, 0.717) is 11.6 Å². The number of anilines is 3. The highest BCUT2D eigenvalue weighted by molar-refractivity contribution is 5.63. The molecule has 6 heteroatoms. The Morgan fingerprint density at radius 2 is 1.67 bits per heavy atom. The molecule has 0 saturated carbocycles. The number of rotatable bonds is 4. The first-order valence-electron chi connectivity index (χ1n) is 9.15. The number of H-pyrrole nitrogens is 1. The van der Waals surface area contributed by atoms with Crippen LogP contribution in [0.2, 0.25) is 0 Å². The van der Waals surface area contributed by atoms with Crippen molar-refractivity contribution in [2.75, 3.05) is 43.4 Å². The minimum absolute atomic E-state index is 0.180. The fraction of sp³-hybridized carbons (Fsp3) is 0.238. The predicted molar refractivity (Wildman–Crippen MR) is 110 cm³/mol. The van der Waals surface area contributed by atoms with Gasteiger partial charge in [-0.2, -0.15) is 0 Å². The molecular formula is C21H23N5O. The van der Waals surface area contributed by atoms with Gasteiger partial charge in [0, 0.05) is 49.2 Å². The molecule has 0 spiro atoms. The van der Waals surface area contributed by atoms with E-state index >= 15 is 0 Å². The van der Waals surface area contributed by atoms with Crippen LogP contribution in [-0.4, -0.2) is 48.1 Å². The predicted octanol–water partition coefficient (Wildman–Crippen LogP) is 2.93. The highest BCUT2D eigenvalue weighted by Crippen LogP contribution is 2.22. The van der Waals surface area contributed by atoms with Crippen LogP contribution in [0.15, 0.2) is 65.5 Å². The van der Waals surface area contributed by atoms with Crippen molar-refractivity contribution in [3.63, 3.8) is 0 Å². The quantitative estimate of drug-likeness (QED) is 0.748. The zero-order valence-corrected chi connectivity index (χ0v) is 15.4. The van der Waals surface area contributed by atoms with Crippen LogP contribution in [0.1, 0.15) is 0 Å². The molecule has 1 fully saturated rings. The third-order valence-corrected chi connectivity index (χ3v) is 4.81. The topological polar surface area (TPSA) is 64.3 Å². The van der Waals surface area contributed by atoms with Crippen LogP contribution in [-0.2, 0) is 0 Å². The van der Waals surface area contributed by atoms with E-state index in [1.165, 1.54) is 11.8 Å². The maximum atomic E-state index is 12.0. The van der Waals surface area contributed by atoms with Gasteiger partial charge in [0.2, 0.25) is 5.95 Å². The van der Waals surface area contributed by atoms with E-state index in [9.17, 15) is 4.79 Å². The molecule has 0 radical (unpaired) electrons. The number of nitrogens with zero attached hydrogens (tertiary/aromatic N) is 3. The average Bonchev–Trinajstić information content (AvgIpc) is 2.69. The van der Waals surface area contributed by atoms with Crippen LogP contribution in [0.4, 0.5) is 17.3 Å². The molecule has 0 amide bonds. The fourth-order valence-electron chi connectivity index (χ4n) is 3.23. The Balaban J connectivity index is 1.51. The number of aromatic nitrogens is 2. The lowest BCUT2D eigenvalue weighted by molar-refractivity contribution is 0.313. The lowest BCUT2D eigenvalue weighted by atomic mass is 10.1. The Morgan fingerprint density at radius 1 is 0.963 bits per heavy atom. The second kappa shape index (κ2) is 7.63. The lowest BCUT2D eigenvalue weighted by Crippen LogP contribution is -2.44. The van der Waals surface area contributed by atoms with Crippen LogP contribution in [0.3, 0.4) is 0 Å². The van der Waals surface area contributed by atoms with Crippen molar-refractivity contribution in [3.05, 3.63) is 71.0 Å². The molecule has 0 atom stereocenters. The van der Waals surface area contributed by atoms with E-state index in [1.807, 2.05) is 42.5 Å². The summed E-state index contributed by atoms with van der Waals surface area (Å²) >= 11 is 0. The Hall–Kier alpha value is -3.12. The van der Waals surface area contributed by atoms with Gasteiger partial charge in [0.15, 0.2) is 0 Å². The fourth-order valence-corrected chi connectivity index (χ4v) is 3.23. The molecule has 4 rings (SSSR count). The first-order chi connectivity index (χ1) is 13.2. The largest absolute Gasteiger partial charge is 0.369 e. The van der Waals surface area contributed by atoms with Crippen molar-refractivity contribution >= 4 is 17.3 Å². The zero-order valence-electron chi connectivity index (χ0n) is 15.4. The van der Waals surface area contributed by atoms with Crippen molar-refractivity contribution in [1.29, 1.82) is 0 Å². The maximum Gasteiger partial charge on any atom is 0.252 e. The average molecular weight is 361 g/mol. The molecule has 1 aliphatic heterocycles. The molecule has 138 valence electrons. The van der Waals surface area contributed by atoms with Crippen LogP contribution < -0.4 is 15.8 Å². The minimum Gasteiger partial charge on any atom is -0.369 e. The van der Waals surface area contributed by atoms with E-state index in [-0.39, 0.29) is 5.56 Å². The molecule has 1 saturated heterocycles. The normalized spacial score (nSPS) is 14.9. The van der Waals surface area contributed by atoms with Crippen molar-refractivity contribution in [1.82, 2.24) is 14.9 Å². The smallest absolute Gasteiger partial charge is 0.252 e. The summed E-state index contributed by atoms with van der Waals surface area (Å²) < 4.78 is 0. The van der Waals surface area contributed by atoms with E-state index < -0.39 is 0 Å². The van der Waals surface area contributed by atoms with E-state index in [0.717, 1.165) is 37.4 Å². The van der Waals surface area contributed by atoms with Gasteiger partial charge in [-0.25, -0.2) is 4.98 Å². The van der Waals surface area contributed by atoms with Crippen LogP contribution >= 0.6 is 0 Å². The monoisotopic (exact) mass is 361 g/mol. The summed E-state index contributed by atoms with van der Waals surface area (Å²) in [5, 5.41) is 3.20. The standard InChI is InChI=1S/C21H23N5O/c1-25-11-13-26(14-12-25)18-9-7-17(8-10-18)22-21-23-19(15-20(27)24-21)16-5-3-2-4-6-16/h2-10,15H,11-14H2,1H3,(H2,22,23,24,27). The number of nitrogens with one attached hydrogen (secondary N) is 2. The molecule has 2 N–H and O–H groups in total. The molecule has 1 aliphatic rings. The summed E-state index contributed by atoms with van der Waals surface area (Å²) in [6, 6.07) is 19.4. The van der Waals surface area contributed by atoms with E-state index in [2.05, 4.69) is 44.3 Å². The van der Waals surface area contributed by atoms with E-state index in [1.54, 1.807) is 0 Å². The zero-order chi connectivity index (χ0) is 18.6. The summed E-state index contributed by atoms with van der Waals surface area (Å²) in [7, 11) is 2.15. The molecule has 2 heterocycles. The number of aromatic amines is 1. The highest BCUT2D eigenvalue weighted by Gasteiger charge is 2.14. The SMILES string of the molecule is CN1CCN(c2ccc(Nc3nc(-c4ccccc4)cc(=O)[nH]3)cc2)CC1. The number of likely N-dealkylation sites (N-methyl/N-ethyl adjacent to an activating group) is 1. The number of hydrogen-bond acceptors (Lipinski definition) is 5. The number of hydrogen-bond donors (Lipinski definition) is 2. The lowest BCUT2D eigenvalue weighted by Gasteiger charge is -2.34. The molecule has 0 aliphatic carbocycles. The van der Waals surface area contributed by atoms with Gasteiger partial charge >= 0.3 is 0 Å². The van der Waals surface area contributed by atoms with Crippen molar-refractivity contribution in [3.8, 4) is 11.3 Å². The molecule has 3 aromatic rings. The Bertz CT molecular complexity index is 944. The summed E-state index contributed by atoms with van der Waals surface area (Å²) in [5.41, 5.74) is 3.49. The first kappa shape index (κ1) is 17.3. The summed E-state index contributed by atoms with van der Waals surface area (Å²) in [5.74, 6) is 0.439. The number of piperazine rings is 1. The highest BCUT2D eigenvalue weighted by atomic mass is 16.1. The van der Waals surface area contributed by atoms with Crippen molar-refractivity contribution in [2.45, 2.75) is 0 Å². The third kappa shape index (κ3) is 4.17. The van der Waals surface area contributed by atoms with Gasteiger partial charge in [-0.15, -0.1) is 0 Å². The Morgan fingerprint density at radius 3 is 2.37 bits per heavy atom. The molecule has 2 aromatic carbocycles. The summed E-state index contributed by atoms with van der Waals surface area (Å²) in [6.07, 6.45) is 0. The molecule has 0 unspecified atom stereocenters. The molecule has 6 nitrogen and oxygen atoms in total. The second-order valence-corrected chi connectivity index (χ2v) is 6.81. The first-order valence-corrected chi connectivity index (χ1v) is 9.15. The maximum absolute atomic E-state index is 12.0. The van der Waals surface area contributed by atoms with Crippen molar-refractivity contribution in [2.24, 2.45) is 0 Å². The van der Waals surface area contributed by atoms with Crippen LogP contribution in [0.5, 0.6) is 0 Å². The van der Waals surface area contributed by atoms with E-state index in [4.69, 9.17) is 0 Å². The summed E-state index contributed by atoms with van der Waals surface area (Å²) in [6.45, 7) is 4.24. The van der Waals surface area contributed by atoms with Gasteiger partial charge in [-0.1, -0.05) is 30.3 Å². The molecule has 1 aromatic heterocycles. The Labute approximate surface area is 158 Å². The Kier molecular flexibility index (Phi) is 4.89. The molecular weight excluding hydrogens is 338 g/mol. The summed E-state index contributed by atoms with van der Waals surface area (Å²) in [4.78, 5) is 24.0. The minimum atomic E-state index is -0.180. The molecule has 0 bridgehead atoms. The van der Waals surface area contributed by atoms with Crippen molar-refractivity contribution < 1.29 is 0 Å². The third-order valence-electron chi connectivity index (χ3n) is 4.81. The van der Waals surface area contributed by atoms with Gasteiger partial charge in [0.05, 0.1) is 5.69 Å². The van der Waals surface area contributed by atoms with Crippen LogP contribution in [0, 0.1) is 0 Å². The van der Waals surface area contributed by atoms with Crippen LogP contribution in [0.25, 0.3) is 11.3 Å². The van der Waals surface area contributed by atoms with Gasteiger partial charge in [0.25, 0.3) is 5.56 Å². The second-order valence-electron chi connectivity index (χ2n) is 6.81. The van der Waals surface area contributed by atoms with Gasteiger partial charge in [-0.3, -0.25) is 9.78 Å².